The Kier molecular flexibility index (Phi) is 2.75. The zero-order valence-corrected chi connectivity index (χ0v) is 9.37. The number of aromatic nitrogens is 2. The largest absolute Gasteiger partial charge is 0.325 e. The van der Waals surface area contributed by atoms with Crippen molar-refractivity contribution >= 4 is 0 Å². The lowest BCUT2D eigenvalue weighted by atomic mass is 10.1. The first-order chi connectivity index (χ1) is 7.61. The molecule has 0 aliphatic rings. The van der Waals surface area contributed by atoms with Crippen LogP contribution in [-0.4, -0.2) is 9.78 Å². The molecule has 0 unspecified atom stereocenters. The van der Waals surface area contributed by atoms with Crippen molar-refractivity contribution in [2.45, 2.75) is 13.5 Å². The summed E-state index contributed by atoms with van der Waals surface area (Å²) in [5.74, 6) is -0.196. The summed E-state index contributed by atoms with van der Waals surface area (Å²) >= 11 is 0. The predicted molar refractivity (Wildman–Crippen MR) is 61.2 cm³/mol. The molecule has 0 atom stereocenters. The quantitative estimate of drug-likeness (QED) is 0.839. The summed E-state index contributed by atoms with van der Waals surface area (Å²) in [7, 11) is 1.85. The van der Waals surface area contributed by atoms with E-state index in [4.69, 9.17) is 5.73 Å². The van der Waals surface area contributed by atoms with E-state index in [-0.39, 0.29) is 5.82 Å². The summed E-state index contributed by atoms with van der Waals surface area (Å²) in [6.45, 7) is 2.19. The van der Waals surface area contributed by atoms with Gasteiger partial charge in [0.1, 0.15) is 5.82 Å². The average molecular weight is 219 g/mol. The zero-order chi connectivity index (χ0) is 11.7. The van der Waals surface area contributed by atoms with Crippen LogP contribution in [0.25, 0.3) is 11.3 Å². The van der Waals surface area contributed by atoms with Crippen molar-refractivity contribution in [3.63, 3.8) is 0 Å². The minimum Gasteiger partial charge on any atom is -0.325 e. The molecule has 84 valence electrons. The minimum atomic E-state index is -0.196. The molecule has 4 heteroatoms. The molecule has 0 aliphatic carbocycles. The Labute approximate surface area is 93.7 Å². The van der Waals surface area contributed by atoms with Crippen molar-refractivity contribution < 1.29 is 4.39 Å². The number of hydrogen-bond acceptors (Lipinski definition) is 2. The fraction of sp³-hybridized carbons (Fsp3) is 0.250. The average Bonchev–Trinajstić information content (AvgIpc) is 2.64. The molecule has 1 aromatic carbocycles. The molecule has 0 bridgehead atoms. The number of aryl methyl sites for hydroxylation is 2. The van der Waals surface area contributed by atoms with Crippen molar-refractivity contribution in [2.24, 2.45) is 12.8 Å². The van der Waals surface area contributed by atoms with Crippen molar-refractivity contribution in [3.8, 4) is 11.3 Å². The molecular formula is C12H14FN3. The Balaban J connectivity index is 2.46. The highest BCUT2D eigenvalue weighted by Gasteiger charge is 2.07. The van der Waals surface area contributed by atoms with Crippen LogP contribution in [0.2, 0.25) is 0 Å². The third kappa shape index (κ3) is 1.84. The molecule has 0 saturated carbocycles. The van der Waals surface area contributed by atoms with Gasteiger partial charge in [-0.1, -0.05) is 0 Å². The Morgan fingerprint density at radius 3 is 2.69 bits per heavy atom. The van der Waals surface area contributed by atoms with Gasteiger partial charge in [0.15, 0.2) is 0 Å². The van der Waals surface area contributed by atoms with E-state index < -0.39 is 0 Å². The van der Waals surface area contributed by atoms with E-state index in [0.29, 0.717) is 12.1 Å². The standard InChI is InChI=1S/C12H14FN3/c1-8-5-9(3-4-11(8)13)12-6-10(7-14)16(2)15-12/h3-6H,7,14H2,1-2H3. The van der Waals surface area contributed by atoms with Crippen LogP contribution in [-0.2, 0) is 13.6 Å². The Hall–Kier alpha value is -1.68. The summed E-state index contributed by atoms with van der Waals surface area (Å²) in [5, 5.41) is 4.34. The van der Waals surface area contributed by atoms with Crippen LogP contribution in [0.15, 0.2) is 24.3 Å². The van der Waals surface area contributed by atoms with Gasteiger partial charge in [-0.3, -0.25) is 4.68 Å². The first kappa shape index (κ1) is 10.8. The summed E-state index contributed by atoms with van der Waals surface area (Å²) in [6, 6.07) is 6.90. The van der Waals surface area contributed by atoms with E-state index in [0.717, 1.165) is 17.0 Å². The summed E-state index contributed by atoms with van der Waals surface area (Å²) < 4.78 is 14.9. The molecule has 0 aliphatic heterocycles. The zero-order valence-electron chi connectivity index (χ0n) is 9.37. The molecule has 2 aromatic rings. The summed E-state index contributed by atoms with van der Waals surface area (Å²) in [4.78, 5) is 0. The highest BCUT2D eigenvalue weighted by molar-refractivity contribution is 5.60. The van der Waals surface area contributed by atoms with Crippen molar-refractivity contribution in [2.75, 3.05) is 0 Å². The molecule has 0 fully saturated rings. The van der Waals surface area contributed by atoms with Crippen LogP contribution in [0.5, 0.6) is 0 Å². The minimum absolute atomic E-state index is 0.196. The summed E-state index contributed by atoms with van der Waals surface area (Å²) in [5.41, 5.74) is 8.89. The van der Waals surface area contributed by atoms with Crippen LogP contribution in [0, 0.1) is 12.7 Å². The maximum Gasteiger partial charge on any atom is 0.126 e. The van der Waals surface area contributed by atoms with E-state index in [2.05, 4.69) is 5.10 Å². The second kappa shape index (κ2) is 4.06. The molecule has 16 heavy (non-hydrogen) atoms. The molecule has 2 N–H and O–H groups in total. The van der Waals surface area contributed by atoms with Gasteiger partial charge in [-0.15, -0.1) is 0 Å². The van der Waals surface area contributed by atoms with E-state index in [1.807, 2.05) is 13.1 Å². The maximum absolute atomic E-state index is 13.1. The second-order valence-corrected chi connectivity index (χ2v) is 3.81. The number of halogens is 1. The molecule has 0 saturated heterocycles. The molecule has 0 spiro atoms. The monoisotopic (exact) mass is 219 g/mol. The smallest absolute Gasteiger partial charge is 0.126 e. The Morgan fingerprint density at radius 1 is 1.38 bits per heavy atom. The number of nitrogens with two attached hydrogens (primary N) is 1. The van der Waals surface area contributed by atoms with E-state index in [1.54, 1.807) is 23.7 Å². The molecule has 1 heterocycles. The van der Waals surface area contributed by atoms with Crippen LogP contribution in [0.1, 0.15) is 11.3 Å². The first-order valence-corrected chi connectivity index (χ1v) is 5.11. The SMILES string of the molecule is Cc1cc(-c2cc(CN)n(C)n2)ccc1F. The normalized spacial score (nSPS) is 10.8. The van der Waals surface area contributed by atoms with Gasteiger partial charge in [0.25, 0.3) is 0 Å². The Morgan fingerprint density at radius 2 is 2.12 bits per heavy atom. The van der Waals surface area contributed by atoms with E-state index >= 15 is 0 Å². The van der Waals surface area contributed by atoms with E-state index in [9.17, 15) is 4.39 Å². The van der Waals surface area contributed by atoms with Crippen molar-refractivity contribution in [3.05, 3.63) is 41.3 Å². The number of benzene rings is 1. The van der Waals surface area contributed by atoms with Gasteiger partial charge in [0.2, 0.25) is 0 Å². The lowest BCUT2D eigenvalue weighted by Crippen LogP contribution is -2.03. The molecule has 0 amide bonds. The van der Waals surface area contributed by atoms with Gasteiger partial charge in [-0.05, 0) is 36.8 Å². The highest BCUT2D eigenvalue weighted by atomic mass is 19.1. The molecule has 0 radical (unpaired) electrons. The maximum atomic E-state index is 13.1. The fourth-order valence-electron chi connectivity index (χ4n) is 1.64. The number of nitrogens with zero attached hydrogens (tertiary/aromatic N) is 2. The van der Waals surface area contributed by atoms with Crippen LogP contribution in [0.3, 0.4) is 0 Å². The lowest BCUT2D eigenvalue weighted by molar-refractivity contribution is 0.618. The van der Waals surface area contributed by atoms with Gasteiger partial charge in [0.05, 0.1) is 11.4 Å². The third-order valence-electron chi connectivity index (χ3n) is 2.64. The van der Waals surface area contributed by atoms with Crippen molar-refractivity contribution in [1.29, 1.82) is 0 Å². The van der Waals surface area contributed by atoms with Gasteiger partial charge in [-0.2, -0.15) is 5.10 Å². The topological polar surface area (TPSA) is 43.8 Å². The Bertz CT molecular complexity index is 517. The molecule has 1 aromatic heterocycles. The second-order valence-electron chi connectivity index (χ2n) is 3.81. The fourth-order valence-corrected chi connectivity index (χ4v) is 1.64. The van der Waals surface area contributed by atoms with Gasteiger partial charge in [-0.25, -0.2) is 4.39 Å². The van der Waals surface area contributed by atoms with Crippen LogP contribution in [0.4, 0.5) is 4.39 Å². The number of hydrogen-bond donors (Lipinski definition) is 1. The third-order valence-corrected chi connectivity index (χ3v) is 2.64. The first-order valence-electron chi connectivity index (χ1n) is 5.11. The van der Waals surface area contributed by atoms with Crippen molar-refractivity contribution in [1.82, 2.24) is 9.78 Å². The molecule has 2 rings (SSSR count). The molecule has 3 nitrogen and oxygen atoms in total. The number of rotatable bonds is 2. The van der Waals surface area contributed by atoms with Gasteiger partial charge >= 0.3 is 0 Å². The van der Waals surface area contributed by atoms with Gasteiger partial charge < -0.3 is 5.73 Å². The lowest BCUT2D eigenvalue weighted by Gasteiger charge is -1.99. The van der Waals surface area contributed by atoms with E-state index in [1.165, 1.54) is 6.07 Å². The predicted octanol–water partition coefficient (Wildman–Crippen LogP) is 1.99. The summed E-state index contributed by atoms with van der Waals surface area (Å²) in [6.07, 6.45) is 0. The molecular weight excluding hydrogens is 205 g/mol. The van der Waals surface area contributed by atoms with Crippen LogP contribution >= 0.6 is 0 Å². The van der Waals surface area contributed by atoms with Gasteiger partial charge in [0, 0.05) is 19.2 Å². The highest BCUT2D eigenvalue weighted by Crippen LogP contribution is 2.21. The van der Waals surface area contributed by atoms with Crippen LogP contribution < -0.4 is 5.73 Å².